The van der Waals surface area contributed by atoms with Crippen LogP contribution in [0.1, 0.15) is 13.8 Å². The zero-order valence-corrected chi connectivity index (χ0v) is 11.8. The van der Waals surface area contributed by atoms with Crippen LogP contribution in [0.3, 0.4) is 0 Å². The van der Waals surface area contributed by atoms with Crippen molar-refractivity contribution in [2.75, 3.05) is 13.2 Å². The second-order valence-electron chi connectivity index (χ2n) is 3.52. The first-order chi connectivity index (χ1) is 9.00. The van der Waals surface area contributed by atoms with Gasteiger partial charge in [0.25, 0.3) is 5.56 Å². The number of allylic oxidation sites excluding steroid dienone is 1. The van der Waals surface area contributed by atoms with Crippen LogP contribution >= 0.6 is 7.60 Å². The summed E-state index contributed by atoms with van der Waals surface area (Å²) in [5, 5.41) is 0. The van der Waals surface area contributed by atoms with Crippen molar-refractivity contribution < 1.29 is 13.6 Å². The fraction of sp³-hybridized carbons (Fsp3) is 0.455. The lowest BCUT2D eigenvalue weighted by Crippen LogP contribution is -2.28. The van der Waals surface area contributed by atoms with Gasteiger partial charge in [-0.05, 0) is 13.8 Å². The average molecular weight is 288 g/mol. The molecule has 0 bridgehead atoms. The Kier molecular flexibility index (Phi) is 5.95. The Hall–Kier alpha value is -1.43. The highest BCUT2D eigenvalue weighted by molar-refractivity contribution is 7.57. The molecule has 0 aromatic carbocycles. The van der Waals surface area contributed by atoms with Crippen LogP contribution in [-0.2, 0) is 20.2 Å². The first-order valence-corrected chi connectivity index (χ1v) is 7.48. The second-order valence-corrected chi connectivity index (χ2v) is 5.42. The Morgan fingerprint density at radius 2 is 1.95 bits per heavy atom. The summed E-state index contributed by atoms with van der Waals surface area (Å²) in [5.74, 6) is 1.32. The molecule has 8 heteroatoms. The van der Waals surface area contributed by atoms with E-state index in [1.54, 1.807) is 13.8 Å². The fourth-order valence-corrected chi connectivity index (χ4v) is 2.68. The molecule has 0 radical (unpaired) electrons. The van der Waals surface area contributed by atoms with Gasteiger partial charge in [-0.2, -0.15) is 0 Å². The fourth-order valence-electron chi connectivity index (χ4n) is 1.36. The summed E-state index contributed by atoms with van der Waals surface area (Å²) >= 11 is 0. The molecule has 0 atom stereocenters. The highest BCUT2D eigenvalue weighted by atomic mass is 31.2. The molecule has 0 saturated carbocycles. The van der Waals surface area contributed by atoms with Crippen molar-refractivity contribution in [3.63, 3.8) is 0 Å². The van der Waals surface area contributed by atoms with Crippen LogP contribution in [0.4, 0.5) is 0 Å². The summed E-state index contributed by atoms with van der Waals surface area (Å²) in [6.07, 6.45) is 2.86. The Morgan fingerprint density at radius 1 is 1.32 bits per heavy atom. The van der Waals surface area contributed by atoms with Crippen LogP contribution < -0.4 is 11.2 Å². The SMILES string of the molecule is CCOP(=O)(/C=C/Cn1ccc(=O)[nH]c1=O)OCC. The largest absolute Gasteiger partial charge is 0.353 e. The third-order valence-corrected chi connectivity index (χ3v) is 3.92. The highest BCUT2D eigenvalue weighted by Gasteiger charge is 2.18. The molecule has 1 rings (SSSR count). The van der Waals surface area contributed by atoms with Crippen molar-refractivity contribution in [1.29, 1.82) is 0 Å². The Balaban J connectivity index is 2.78. The first-order valence-electron chi connectivity index (χ1n) is 5.87. The van der Waals surface area contributed by atoms with Gasteiger partial charge in [-0.3, -0.25) is 18.9 Å². The number of aromatic amines is 1. The Morgan fingerprint density at radius 3 is 2.47 bits per heavy atom. The van der Waals surface area contributed by atoms with Crippen LogP contribution in [0.15, 0.2) is 33.7 Å². The lowest BCUT2D eigenvalue weighted by Gasteiger charge is -2.12. The number of hydrogen-bond acceptors (Lipinski definition) is 5. The molecule has 1 N–H and O–H groups in total. The van der Waals surface area contributed by atoms with Gasteiger partial charge in [0.1, 0.15) is 0 Å². The molecular weight excluding hydrogens is 271 g/mol. The molecule has 0 spiro atoms. The predicted octanol–water partition coefficient (Wildman–Crippen LogP) is 1.32. The molecule has 1 aromatic heterocycles. The summed E-state index contributed by atoms with van der Waals surface area (Å²) in [6, 6.07) is 1.24. The molecule has 0 amide bonds. The number of rotatable bonds is 7. The van der Waals surface area contributed by atoms with E-state index in [1.165, 1.54) is 28.7 Å². The molecule has 1 aromatic rings. The average Bonchev–Trinajstić information content (AvgIpc) is 2.32. The van der Waals surface area contributed by atoms with E-state index in [0.717, 1.165) is 0 Å². The van der Waals surface area contributed by atoms with Crippen molar-refractivity contribution >= 4 is 7.60 Å². The topological polar surface area (TPSA) is 90.4 Å². The monoisotopic (exact) mass is 288 g/mol. The van der Waals surface area contributed by atoms with E-state index in [0.29, 0.717) is 0 Å². The Bertz CT molecular complexity index is 579. The van der Waals surface area contributed by atoms with E-state index >= 15 is 0 Å². The van der Waals surface area contributed by atoms with Gasteiger partial charge < -0.3 is 9.05 Å². The van der Waals surface area contributed by atoms with Crippen LogP contribution in [0.5, 0.6) is 0 Å². The maximum atomic E-state index is 12.1. The molecule has 0 aliphatic rings. The highest BCUT2D eigenvalue weighted by Crippen LogP contribution is 2.49. The summed E-state index contributed by atoms with van der Waals surface area (Å²) in [5.41, 5.74) is -0.987. The van der Waals surface area contributed by atoms with Gasteiger partial charge in [0.05, 0.1) is 13.2 Å². The minimum Gasteiger partial charge on any atom is -0.306 e. The molecule has 0 fully saturated rings. The van der Waals surface area contributed by atoms with Crippen LogP contribution in [-0.4, -0.2) is 22.8 Å². The zero-order chi connectivity index (χ0) is 14.3. The number of nitrogens with one attached hydrogen (secondary N) is 1. The van der Waals surface area contributed by atoms with E-state index in [2.05, 4.69) is 4.98 Å². The van der Waals surface area contributed by atoms with Crippen molar-refractivity contribution in [2.24, 2.45) is 0 Å². The second kappa shape index (κ2) is 7.23. The third kappa shape index (κ3) is 4.98. The maximum Gasteiger partial charge on any atom is 0.353 e. The molecule has 1 heterocycles. The van der Waals surface area contributed by atoms with Crippen molar-refractivity contribution in [1.82, 2.24) is 9.55 Å². The molecular formula is C11H17N2O5P. The van der Waals surface area contributed by atoms with Gasteiger partial charge in [-0.1, -0.05) is 6.08 Å². The van der Waals surface area contributed by atoms with Gasteiger partial charge in [-0.15, -0.1) is 0 Å². The first kappa shape index (κ1) is 15.6. The lowest BCUT2D eigenvalue weighted by molar-refractivity contribution is 0.229. The molecule has 0 aliphatic carbocycles. The van der Waals surface area contributed by atoms with E-state index in [1.807, 2.05) is 0 Å². The van der Waals surface area contributed by atoms with Gasteiger partial charge in [-0.25, -0.2) is 4.79 Å². The number of hydrogen-bond donors (Lipinski definition) is 1. The van der Waals surface area contributed by atoms with Crippen LogP contribution in [0.2, 0.25) is 0 Å². The summed E-state index contributed by atoms with van der Waals surface area (Å²) in [4.78, 5) is 24.4. The van der Waals surface area contributed by atoms with Gasteiger partial charge in [0.15, 0.2) is 0 Å². The third-order valence-electron chi connectivity index (χ3n) is 2.11. The van der Waals surface area contributed by atoms with Gasteiger partial charge in [0.2, 0.25) is 0 Å². The number of aromatic nitrogens is 2. The van der Waals surface area contributed by atoms with E-state index < -0.39 is 18.8 Å². The minimum atomic E-state index is -3.25. The minimum absolute atomic E-state index is 0.166. The van der Waals surface area contributed by atoms with Crippen LogP contribution in [0.25, 0.3) is 0 Å². The molecule has 7 nitrogen and oxygen atoms in total. The quantitative estimate of drug-likeness (QED) is 0.764. The number of H-pyrrole nitrogens is 1. The summed E-state index contributed by atoms with van der Waals surface area (Å²) in [6.45, 7) is 4.12. The molecule has 0 unspecified atom stereocenters. The van der Waals surface area contributed by atoms with Crippen LogP contribution in [0, 0.1) is 0 Å². The van der Waals surface area contributed by atoms with E-state index in [-0.39, 0.29) is 19.8 Å². The normalized spacial score (nSPS) is 12.1. The standard InChI is InChI=1S/C11H17N2O5P/c1-3-17-19(16,18-4-2)9-5-7-13-8-6-10(14)12-11(13)15/h5-6,8-9H,3-4,7H2,1-2H3,(H,12,14,15)/b9-5+. The molecule has 106 valence electrons. The lowest BCUT2D eigenvalue weighted by atomic mass is 10.5. The molecule has 19 heavy (non-hydrogen) atoms. The van der Waals surface area contributed by atoms with Crippen molar-refractivity contribution in [2.45, 2.75) is 20.4 Å². The summed E-state index contributed by atoms with van der Waals surface area (Å²) in [7, 11) is -3.25. The van der Waals surface area contributed by atoms with Crippen molar-refractivity contribution in [3.8, 4) is 0 Å². The predicted molar refractivity (Wildman–Crippen MR) is 71.3 cm³/mol. The number of nitrogens with zero attached hydrogens (tertiary/aromatic N) is 1. The molecule has 0 saturated heterocycles. The Labute approximate surface area is 110 Å². The van der Waals surface area contributed by atoms with E-state index in [9.17, 15) is 14.2 Å². The smallest absolute Gasteiger partial charge is 0.306 e. The summed E-state index contributed by atoms with van der Waals surface area (Å²) < 4.78 is 23.4. The maximum absolute atomic E-state index is 12.1. The van der Waals surface area contributed by atoms with Gasteiger partial charge in [0, 0.05) is 24.6 Å². The molecule has 0 aliphatic heterocycles. The zero-order valence-electron chi connectivity index (χ0n) is 10.9. The van der Waals surface area contributed by atoms with Gasteiger partial charge >= 0.3 is 13.3 Å². The van der Waals surface area contributed by atoms with Crippen molar-refractivity contribution in [3.05, 3.63) is 45.0 Å². The van der Waals surface area contributed by atoms with E-state index in [4.69, 9.17) is 9.05 Å².